The minimum atomic E-state index is -0.160. The van der Waals surface area contributed by atoms with Crippen LogP contribution < -0.4 is 10.1 Å². The van der Waals surface area contributed by atoms with Gasteiger partial charge in [0.1, 0.15) is 0 Å². The highest BCUT2D eigenvalue weighted by Gasteiger charge is 2.16. The standard InChI is InChI=1S/C8H7BrN2O2/c9-3-5-1-2-6-8(10-5)11-7(12)4-13-6/h1-2H,3-4H2,(H,10,11,12). The number of amides is 1. The second kappa shape index (κ2) is 3.33. The van der Waals surface area contributed by atoms with E-state index >= 15 is 0 Å². The molecule has 2 heterocycles. The van der Waals surface area contributed by atoms with Gasteiger partial charge in [0.25, 0.3) is 5.91 Å². The quantitative estimate of drug-likeness (QED) is 0.756. The van der Waals surface area contributed by atoms with Crippen molar-refractivity contribution >= 4 is 27.7 Å². The second-order valence-electron chi connectivity index (χ2n) is 2.62. The van der Waals surface area contributed by atoms with Crippen LogP contribution in [-0.4, -0.2) is 17.5 Å². The zero-order valence-electron chi connectivity index (χ0n) is 6.71. The smallest absolute Gasteiger partial charge is 0.263 e. The summed E-state index contributed by atoms with van der Waals surface area (Å²) in [6.07, 6.45) is 0. The summed E-state index contributed by atoms with van der Waals surface area (Å²) < 4.78 is 5.15. The molecule has 0 aromatic carbocycles. The SMILES string of the molecule is O=C1COc2ccc(CBr)nc2N1. The van der Waals surface area contributed by atoms with E-state index in [2.05, 4.69) is 26.2 Å². The van der Waals surface area contributed by atoms with E-state index in [1.54, 1.807) is 6.07 Å². The molecule has 68 valence electrons. The molecule has 0 spiro atoms. The minimum Gasteiger partial charge on any atom is -0.480 e. The van der Waals surface area contributed by atoms with Crippen molar-refractivity contribution in [3.05, 3.63) is 17.8 Å². The molecule has 0 bridgehead atoms. The molecule has 2 rings (SSSR count). The summed E-state index contributed by atoms with van der Waals surface area (Å²) in [5.41, 5.74) is 0.865. The summed E-state index contributed by atoms with van der Waals surface area (Å²) in [6, 6.07) is 3.66. The fraction of sp³-hybridized carbons (Fsp3) is 0.250. The van der Waals surface area contributed by atoms with Crippen LogP contribution in [0.1, 0.15) is 5.69 Å². The lowest BCUT2D eigenvalue weighted by molar-refractivity contribution is -0.118. The number of nitrogens with one attached hydrogen (secondary N) is 1. The van der Waals surface area contributed by atoms with Crippen LogP contribution >= 0.6 is 15.9 Å². The first kappa shape index (κ1) is 8.50. The molecule has 1 aliphatic heterocycles. The molecule has 0 aliphatic carbocycles. The topological polar surface area (TPSA) is 51.2 Å². The molecule has 1 aromatic heterocycles. The van der Waals surface area contributed by atoms with Gasteiger partial charge in [0.2, 0.25) is 0 Å². The molecule has 0 radical (unpaired) electrons. The number of fused-ring (bicyclic) bond motifs is 1. The zero-order valence-corrected chi connectivity index (χ0v) is 8.30. The first-order chi connectivity index (χ1) is 6.29. The first-order valence-electron chi connectivity index (χ1n) is 3.78. The number of halogens is 1. The van der Waals surface area contributed by atoms with Crippen LogP contribution in [0.4, 0.5) is 5.82 Å². The van der Waals surface area contributed by atoms with E-state index in [4.69, 9.17) is 4.74 Å². The monoisotopic (exact) mass is 242 g/mol. The maximum atomic E-state index is 10.9. The number of hydrogen-bond acceptors (Lipinski definition) is 3. The van der Waals surface area contributed by atoms with Gasteiger partial charge in [-0.15, -0.1) is 0 Å². The Hall–Kier alpha value is -1.10. The van der Waals surface area contributed by atoms with Gasteiger partial charge in [-0.25, -0.2) is 4.98 Å². The van der Waals surface area contributed by atoms with Crippen molar-refractivity contribution in [1.82, 2.24) is 4.98 Å². The first-order valence-corrected chi connectivity index (χ1v) is 4.90. The van der Waals surface area contributed by atoms with Gasteiger partial charge in [0.05, 0.1) is 5.69 Å². The Morgan fingerprint density at radius 1 is 1.62 bits per heavy atom. The normalized spacial score (nSPS) is 14.4. The third-order valence-electron chi connectivity index (χ3n) is 1.67. The van der Waals surface area contributed by atoms with E-state index in [1.807, 2.05) is 6.07 Å². The maximum Gasteiger partial charge on any atom is 0.263 e. The lowest BCUT2D eigenvalue weighted by atomic mass is 10.3. The molecule has 0 fully saturated rings. The van der Waals surface area contributed by atoms with Crippen molar-refractivity contribution in [3.8, 4) is 5.75 Å². The highest BCUT2D eigenvalue weighted by Crippen LogP contribution is 2.25. The van der Waals surface area contributed by atoms with Gasteiger partial charge in [0, 0.05) is 5.33 Å². The number of carbonyl (C=O) groups is 1. The van der Waals surface area contributed by atoms with E-state index in [1.165, 1.54) is 0 Å². The number of hydrogen-bond donors (Lipinski definition) is 1. The average molecular weight is 243 g/mol. The predicted octanol–water partition coefficient (Wildman–Crippen LogP) is 1.31. The summed E-state index contributed by atoms with van der Waals surface area (Å²) in [7, 11) is 0. The Morgan fingerprint density at radius 3 is 3.23 bits per heavy atom. The van der Waals surface area contributed by atoms with Gasteiger partial charge < -0.3 is 10.1 Å². The Morgan fingerprint density at radius 2 is 2.46 bits per heavy atom. The molecule has 13 heavy (non-hydrogen) atoms. The molecule has 0 saturated heterocycles. The zero-order chi connectivity index (χ0) is 9.26. The summed E-state index contributed by atoms with van der Waals surface area (Å²) in [5, 5.41) is 3.30. The Bertz CT molecular complexity index is 354. The number of ether oxygens (including phenoxy) is 1. The molecule has 1 aliphatic rings. The number of alkyl halides is 1. The number of pyridine rings is 1. The molecule has 4 nitrogen and oxygen atoms in total. The Labute approximate surface area is 83.4 Å². The van der Waals surface area contributed by atoms with Crippen molar-refractivity contribution in [2.45, 2.75) is 5.33 Å². The fourth-order valence-electron chi connectivity index (χ4n) is 1.08. The highest BCUT2D eigenvalue weighted by molar-refractivity contribution is 9.08. The molecule has 0 unspecified atom stereocenters. The van der Waals surface area contributed by atoms with Crippen molar-refractivity contribution in [3.63, 3.8) is 0 Å². The van der Waals surface area contributed by atoms with Gasteiger partial charge in [-0.2, -0.15) is 0 Å². The number of anilines is 1. The Kier molecular flexibility index (Phi) is 2.18. The van der Waals surface area contributed by atoms with Crippen molar-refractivity contribution in [2.75, 3.05) is 11.9 Å². The van der Waals surface area contributed by atoms with Crippen molar-refractivity contribution in [1.29, 1.82) is 0 Å². The summed E-state index contributed by atoms with van der Waals surface area (Å²) in [4.78, 5) is 15.1. The minimum absolute atomic E-state index is 0.0718. The Balaban J connectivity index is 2.38. The lowest BCUT2D eigenvalue weighted by Gasteiger charge is -2.16. The highest BCUT2D eigenvalue weighted by atomic mass is 79.9. The van der Waals surface area contributed by atoms with Gasteiger partial charge in [-0.05, 0) is 12.1 Å². The number of rotatable bonds is 1. The van der Waals surface area contributed by atoms with E-state index in [9.17, 15) is 4.79 Å². The molecule has 1 aromatic rings. The number of nitrogens with zero attached hydrogens (tertiary/aromatic N) is 1. The third-order valence-corrected chi connectivity index (χ3v) is 2.24. The van der Waals surface area contributed by atoms with Crippen LogP contribution in [0, 0.1) is 0 Å². The molecular formula is C8H7BrN2O2. The van der Waals surface area contributed by atoms with Crippen LogP contribution in [0.25, 0.3) is 0 Å². The summed E-state index contributed by atoms with van der Waals surface area (Å²) >= 11 is 3.28. The van der Waals surface area contributed by atoms with Crippen LogP contribution in [-0.2, 0) is 10.1 Å². The van der Waals surface area contributed by atoms with Crippen molar-refractivity contribution < 1.29 is 9.53 Å². The van der Waals surface area contributed by atoms with Gasteiger partial charge in [-0.3, -0.25) is 4.79 Å². The number of carbonyl (C=O) groups excluding carboxylic acids is 1. The van der Waals surface area contributed by atoms with Crippen LogP contribution in [0.2, 0.25) is 0 Å². The van der Waals surface area contributed by atoms with Crippen LogP contribution in [0.15, 0.2) is 12.1 Å². The molecule has 1 amide bonds. The summed E-state index contributed by atoms with van der Waals surface area (Å²) in [6.45, 7) is 0.0718. The van der Waals surface area contributed by atoms with E-state index in [0.717, 1.165) is 5.69 Å². The van der Waals surface area contributed by atoms with Crippen molar-refractivity contribution in [2.24, 2.45) is 0 Å². The van der Waals surface area contributed by atoms with Crippen LogP contribution in [0.3, 0.4) is 0 Å². The van der Waals surface area contributed by atoms with Gasteiger partial charge in [0.15, 0.2) is 18.2 Å². The van der Waals surface area contributed by atoms with Gasteiger partial charge in [-0.1, -0.05) is 15.9 Å². The molecule has 0 atom stereocenters. The predicted molar refractivity (Wildman–Crippen MR) is 51.0 cm³/mol. The van der Waals surface area contributed by atoms with Gasteiger partial charge >= 0.3 is 0 Å². The second-order valence-corrected chi connectivity index (χ2v) is 3.18. The molecule has 0 saturated carbocycles. The van der Waals surface area contributed by atoms with Crippen LogP contribution in [0.5, 0.6) is 5.75 Å². The number of aromatic nitrogens is 1. The summed E-state index contributed by atoms with van der Waals surface area (Å²) in [5.74, 6) is 0.976. The maximum absolute atomic E-state index is 10.9. The molecular weight excluding hydrogens is 236 g/mol. The fourth-order valence-corrected chi connectivity index (χ4v) is 1.39. The molecule has 1 N–H and O–H groups in total. The molecule has 5 heteroatoms. The lowest BCUT2D eigenvalue weighted by Crippen LogP contribution is -2.26. The largest absolute Gasteiger partial charge is 0.480 e. The van der Waals surface area contributed by atoms with E-state index in [0.29, 0.717) is 16.9 Å². The average Bonchev–Trinajstić information content (AvgIpc) is 2.16. The van der Waals surface area contributed by atoms with E-state index < -0.39 is 0 Å². The van der Waals surface area contributed by atoms with E-state index in [-0.39, 0.29) is 12.5 Å². The third kappa shape index (κ3) is 1.65.